The van der Waals surface area contributed by atoms with Crippen molar-refractivity contribution in [1.82, 2.24) is 14.5 Å². The van der Waals surface area contributed by atoms with Gasteiger partial charge in [-0.25, -0.2) is 4.39 Å². The summed E-state index contributed by atoms with van der Waals surface area (Å²) in [6, 6.07) is 8.62. The van der Waals surface area contributed by atoms with Gasteiger partial charge in [0.15, 0.2) is 0 Å². The highest BCUT2D eigenvalue weighted by Gasteiger charge is 2.33. The fraction of sp³-hybridized carbons (Fsp3) is 0.400. The minimum Gasteiger partial charge on any atom is -0.392 e. The zero-order chi connectivity index (χ0) is 30.5. The minimum atomic E-state index is -0.496. The van der Waals surface area contributed by atoms with E-state index >= 15 is 4.39 Å². The van der Waals surface area contributed by atoms with Crippen molar-refractivity contribution in [2.45, 2.75) is 65.0 Å². The normalized spacial score (nSPS) is 16.5. The predicted molar refractivity (Wildman–Crippen MR) is 171 cm³/mol. The van der Waals surface area contributed by atoms with Crippen molar-refractivity contribution in [3.8, 4) is 11.1 Å². The third kappa shape index (κ3) is 5.10. The van der Waals surface area contributed by atoms with Crippen LogP contribution in [0, 0.1) is 5.82 Å². The molecule has 5 heterocycles. The first-order chi connectivity index (χ1) is 21.3. The number of rotatable bonds is 6. The summed E-state index contributed by atoms with van der Waals surface area (Å²) in [6.07, 6.45) is 7.95. The molecule has 3 aromatic heterocycles. The van der Waals surface area contributed by atoms with Gasteiger partial charge in [-0.05, 0) is 90.7 Å². The first kappa shape index (κ1) is 29.1. The van der Waals surface area contributed by atoms with Crippen LogP contribution in [0.4, 0.5) is 10.1 Å². The summed E-state index contributed by atoms with van der Waals surface area (Å²) in [5, 5.41) is 10.6. The average Bonchev–Trinajstić information content (AvgIpc) is 3.42. The second-order valence-electron chi connectivity index (χ2n) is 12.2. The van der Waals surface area contributed by atoms with Gasteiger partial charge in [0.2, 0.25) is 0 Å². The lowest BCUT2D eigenvalue weighted by atomic mass is 9.91. The molecule has 7 nitrogen and oxygen atoms in total. The summed E-state index contributed by atoms with van der Waals surface area (Å²) in [7, 11) is 1.68. The fourth-order valence-corrected chi connectivity index (χ4v) is 8.56. The average molecular weight is 613 g/mol. The molecule has 0 unspecified atom stereocenters. The van der Waals surface area contributed by atoms with Crippen molar-refractivity contribution in [3.63, 3.8) is 0 Å². The van der Waals surface area contributed by atoms with E-state index < -0.39 is 5.82 Å². The van der Waals surface area contributed by atoms with E-state index in [-0.39, 0.29) is 18.1 Å². The monoisotopic (exact) mass is 612 g/mol. The van der Waals surface area contributed by atoms with Gasteiger partial charge in [-0.2, -0.15) is 0 Å². The number of aromatic nitrogens is 2. The maximum absolute atomic E-state index is 15.3. The first-order valence-electron chi connectivity index (χ1n) is 15.6. The van der Waals surface area contributed by atoms with E-state index in [2.05, 4.69) is 17.9 Å². The van der Waals surface area contributed by atoms with Crippen LogP contribution in [0.5, 0.6) is 0 Å². The van der Waals surface area contributed by atoms with E-state index in [9.17, 15) is 14.7 Å². The van der Waals surface area contributed by atoms with Gasteiger partial charge in [0.05, 0.1) is 17.2 Å². The Morgan fingerprint density at radius 1 is 1.02 bits per heavy atom. The van der Waals surface area contributed by atoms with Gasteiger partial charge in [-0.15, -0.1) is 11.3 Å². The summed E-state index contributed by atoms with van der Waals surface area (Å²) in [5.41, 5.74) is 7.98. The Kier molecular flexibility index (Phi) is 7.72. The number of fused-ring (bicyclic) bond motifs is 4. The number of hydrogen-bond donors (Lipinski definition) is 1. The zero-order valence-corrected chi connectivity index (χ0v) is 26.1. The Morgan fingerprint density at radius 2 is 1.86 bits per heavy atom. The smallest absolute Gasteiger partial charge is 0.268 e. The van der Waals surface area contributed by atoms with Crippen molar-refractivity contribution in [1.29, 1.82) is 0 Å². The number of pyridine rings is 2. The maximum atomic E-state index is 15.3. The lowest BCUT2D eigenvalue weighted by Gasteiger charge is -2.30. The number of carbonyl (C=O) groups excluding carboxylic acids is 1. The molecular weight excluding hydrogens is 575 g/mol. The number of amides is 1. The number of halogens is 1. The van der Waals surface area contributed by atoms with E-state index in [1.807, 2.05) is 6.07 Å². The lowest BCUT2D eigenvalue weighted by molar-refractivity contribution is 0.0984. The molecule has 2 aliphatic heterocycles. The van der Waals surface area contributed by atoms with Gasteiger partial charge in [0.25, 0.3) is 11.5 Å². The molecule has 4 aromatic rings. The number of aliphatic hydroxyl groups is 1. The number of aliphatic hydroxyl groups excluding tert-OH is 1. The Labute approximate surface area is 260 Å². The van der Waals surface area contributed by atoms with Gasteiger partial charge in [0, 0.05) is 73.1 Å². The van der Waals surface area contributed by atoms with E-state index in [0.29, 0.717) is 40.9 Å². The topological polar surface area (TPSA) is 78.7 Å². The van der Waals surface area contributed by atoms with Crippen LogP contribution in [0.3, 0.4) is 0 Å². The molecule has 7 rings (SSSR count). The molecule has 0 bridgehead atoms. The van der Waals surface area contributed by atoms with Gasteiger partial charge in [0.1, 0.15) is 5.82 Å². The Morgan fingerprint density at radius 3 is 2.68 bits per heavy atom. The van der Waals surface area contributed by atoms with E-state index in [4.69, 9.17) is 4.98 Å². The Balaban J connectivity index is 1.24. The molecule has 1 aromatic carbocycles. The van der Waals surface area contributed by atoms with Crippen molar-refractivity contribution in [2.24, 2.45) is 7.05 Å². The summed E-state index contributed by atoms with van der Waals surface area (Å²) in [5.74, 6) is -0.622. The number of likely N-dealkylation sites (N-methyl/N-ethyl adjacent to an activating group) is 1. The van der Waals surface area contributed by atoms with Crippen molar-refractivity contribution >= 4 is 22.9 Å². The second kappa shape index (κ2) is 11.7. The van der Waals surface area contributed by atoms with Gasteiger partial charge < -0.3 is 14.6 Å². The van der Waals surface area contributed by atoms with Crippen LogP contribution < -0.4 is 10.5 Å². The number of thiophene rings is 1. The number of aryl methyl sites for hydroxylation is 2. The minimum absolute atomic E-state index is 0.126. The third-order valence-corrected chi connectivity index (χ3v) is 10.8. The number of nitrogens with zero attached hydrogens (tertiary/aromatic N) is 4. The van der Waals surface area contributed by atoms with Crippen LogP contribution in [0.15, 0.2) is 41.3 Å². The summed E-state index contributed by atoms with van der Waals surface area (Å²) >= 11 is 1.58. The molecule has 0 radical (unpaired) electrons. The third-order valence-electron chi connectivity index (χ3n) is 9.52. The van der Waals surface area contributed by atoms with Gasteiger partial charge in [-0.3, -0.25) is 19.5 Å². The second-order valence-corrected chi connectivity index (χ2v) is 13.3. The van der Waals surface area contributed by atoms with E-state index in [1.54, 1.807) is 35.5 Å². The van der Waals surface area contributed by atoms with Crippen molar-refractivity contribution in [2.75, 3.05) is 24.5 Å². The Bertz CT molecular complexity index is 1840. The number of carbonyl (C=O) groups is 1. The largest absolute Gasteiger partial charge is 0.392 e. The van der Waals surface area contributed by atoms with Gasteiger partial charge >= 0.3 is 0 Å². The predicted octanol–water partition coefficient (Wildman–Crippen LogP) is 5.19. The quantitative estimate of drug-likeness (QED) is 0.324. The van der Waals surface area contributed by atoms with Crippen molar-refractivity contribution in [3.05, 3.63) is 102 Å². The zero-order valence-electron chi connectivity index (χ0n) is 25.3. The summed E-state index contributed by atoms with van der Waals surface area (Å²) < 4.78 is 16.8. The van der Waals surface area contributed by atoms with Crippen LogP contribution in [-0.2, 0) is 52.3 Å². The number of anilines is 1. The van der Waals surface area contributed by atoms with Gasteiger partial charge in [-0.1, -0.05) is 13.0 Å². The lowest BCUT2D eigenvalue weighted by Crippen LogP contribution is -2.37. The molecule has 1 amide bonds. The Hall–Kier alpha value is -3.66. The highest BCUT2D eigenvalue weighted by Crippen LogP contribution is 2.41. The van der Waals surface area contributed by atoms with E-state index in [0.717, 1.165) is 80.0 Å². The number of benzene rings is 1. The van der Waals surface area contributed by atoms with Crippen LogP contribution in [0.2, 0.25) is 0 Å². The molecule has 1 aliphatic carbocycles. The van der Waals surface area contributed by atoms with Crippen LogP contribution in [-0.4, -0.2) is 45.1 Å². The standard InChI is InChI=1S/C35H37FN4O3S/c1-3-39-12-11-30-21(19-39)8-9-25(37-30)15-22-14-23(18-38(2)34(22)42)28-16-24(36)17-31(29(28)20-41)40-13-10-27-26-6-4-5-7-32(26)44-33(27)35(40)43/h8-9,14,16-18,41H,3-7,10-13,15,19-20H2,1-2H3. The molecule has 3 aliphatic rings. The summed E-state index contributed by atoms with van der Waals surface area (Å²) in [4.78, 5) is 38.1. The fourth-order valence-electron chi connectivity index (χ4n) is 7.17. The molecule has 0 atom stereocenters. The SMILES string of the molecule is CCN1CCc2nc(Cc3cc(-c4cc(F)cc(N5CCc6c(sc7c6CCCC7)C5=O)c4CO)cn(C)c3=O)ccc2C1. The summed E-state index contributed by atoms with van der Waals surface area (Å²) in [6.45, 7) is 5.08. The van der Waals surface area contributed by atoms with Crippen LogP contribution in [0.25, 0.3) is 11.1 Å². The highest BCUT2D eigenvalue weighted by molar-refractivity contribution is 7.14. The first-order valence-corrected chi connectivity index (χ1v) is 16.4. The van der Waals surface area contributed by atoms with Crippen LogP contribution in [0.1, 0.15) is 73.5 Å². The molecule has 0 spiro atoms. The molecular formula is C35H37FN4O3S. The molecule has 0 fully saturated rings. The number of hydrogen-bond acceptors (Lipinski definition) is 6. The molecule has 0 saturated heterocycles. The maximum Gasteiger partial charge on any atom is 0.268 e. The molecule has 1 N–H and O–H groups in total. The molecule has 9 heteroatoms. The van der Waals surface area contributed by atoms with Crippen LogP contribution >= 0.6 is 11.3 Å². The highest BCUT2D eigenvalue weighted by atomic mass is 32.1. The molecule has 228 valence electrons. The van der Waals surface area contributed by atoms with E-state index in [1.165, 1.54) is 32.7 Å². The molecule has 0 saturated carbocycles. The van der Waals surface area contributed by atoms with Crippen molar-refractivity contribution < 1.29 is 14.3 Å². The molecule has 44 heavy (non-hydrogen) atoms.